The third-order valence-corrected chi connectivity index (χ3v) is 5.78. The van der Waals surface area contributed by atoms with E-state index in [0.29, 0.717) is 13.1 Å². The summed E-state index contributed by atoms with van der Waals surface area (Å²) in [7, 11) is 0.316. The van der Waals surface area contributed by atoms with Gasteiger partial charge < -0.3 is 14.4 Å². The Morgan fingerprint density at radius 1 is 1.20 bits per heavy atom. The lowest BCUT2D eigenvalue weighted by Gasteiger charge is -2.16. The molecule has 2 rings (SSSR count). The average molecular weight is 370 g/mol. The van der Waals surface area contributed by atoms with Crippen LogP contribution in [0.15, 0.2) is 23.1 Å². The van der Waals surface area contributed by atoms with Crippen molar-refractivity contribution < 1.29 is 27.5 Å². The van der Waals surface area contributed by atoms with Crippen LogP contribution in [0.25, 0.3) is 0 Å². The molecule has 1 heterocycles. The van der Waals surface area contributed by atoms with Crippen molar-refractivity contribution in [1.82, 2.24) is 9.21 Å². The molecule has 1 aromatic carbocycles. The number of hydrogen-bond donors (Lipinski definition) is 0. The number of carbonyl (C=O) groups is 2. The summed E-state index contributed by atoms with van der Waals surface area (Å²) in [5.74, 6) is -0.885. The van der Waals surface area contributed by atoms with E-state index in [0.717, 1.165) is 17.1 Å². The van der Waals surface area contributed by atoms with E-state index in [1.165, 1.54) is 39.4 Å². The van der Waals surface area contributed by atoms with Gasteiger partial charge in [-0.25, -0.2) is 17.5 Å². The Hall–Kier alpha value is -2.13. The summed E-state index contributed by atoms with van der Waals surface area (Å²) in [6.45, 7) is 0.981. The van der Waals surface area contributed by atoms with Crippen LogP contribution < -0.4 is 4.74 Å². The molecule has 1 aromatic rings. The summed E-state index contributed by atoms with van der Waals surface area (Å²) in [5.41, 5.74) is 0.0375. The number of rotatable bonds is 6. The van der Waals surface area contributed by atoms with Gasteiger partial charge in [0.1, 0.15) is 10.6 Å². The molecule has 1 amide bonds. The Morgan fingerprint density at radius 2 is 1.84 bits per heavy atom. The monoisotopic (exact) mass is 370 g/mol. The van der Waals surface area contributed by atoms with Gasteiger partial charge in [0.15, 0.2) is 6.61 Å². The minimum Gasteiger partial charge on any atom is -0.495 e. The predicted octanol–water partition coefficient (Wildman–Crippen LogP) is 0.725. The van der Waals surface area contributed by atoms with Crippen LogP contribution in [0, 0.1) is 0 Å². The maximum absolute atomic E-state index is 12.4. The highest BCUT2D eigenvalue weighted by Gasteiger charge is 2.25. The summed E-state index contributed by atoms with van der Waals surface area (Å²) in [6.07, 6.45) is 1.90. The minimum atomic E-state index is -3.79. The quantitative estimate of drug-likeness (QED) is 0.685. The number of sulfonamides is 1. The Labute approximate surface area is 147 Å². The normalized spacial score (nSPS) is 14.6. The SMILES string of the molecule is COc1ccc(C(=O)OCC(=O)N2CCCC2)cc1S(=O)(=O)N(C)C. The number of carbonyl (C=O) groups excluding carboxylic acids is 2. The van der Waals surface area contributed by atoms with E-state index in [2.05, 4.69) is 0 Å². The maximum Gasteiger partial charge on any atom is 0.338 e. The number of likely N-dealkylation sites (tertiary alicyclic amines) is 1. The molecule has 0 atom stereocenters. The first-order chi connectivity index (χ1) is 11.8. The van der Waals surface area contributed by atoms with Crippen molar-refractivity contribution in [3.8, 4) is 5.75 Å². The van der Waals surface area contributed by atoms with Crippen LogP contribution in [-0.2, 0) is 19.6 Å². The summed E-state index contributed by atoms with van der Waals surface area (Å²) in [6, 6.07) is 3.97. The Morgan fingerprint density at radius 3 is 2.40 bits per heavy atom. The summed E-state index contributed by atoms with van der Waals surface area (Å²) in [4.78, 5) is 25.6. The van der Waals surface area contributed by atoms with Gasteiger partial charge in [0, 0.05) is 27.2 Å². The number of hydrogen-bond acceptors (Lipinski definition) is 6. The summed E-state index contributed by atoms with van der Waals surface area (Å²) < 4.78 is 35.8. The fourth-order valence-corrected chi connectivity index (χ4v) is 3.55. The third-order valence-electron chi connectivity index (χ3n) is 3.94. The van der Waals surface area contributed by atoms with E-state index in [4.69, 9.17) is 9.47 Å². The van der Waals surface area contributed by atoms with E-state index >= 15 is 0 Å². The van der Waals surface area contributed by atoms with E-state index in [1.807, 2.05) is 0 Å². The first-order valence-electron chi connectivity index (χ1n) is 7.83. The number of benzene rings is 1. The summed E-state index contributed by atoms with van der Waals surface area (Å²) in [5, 5.41) is 0. The molecule has 0 aliphatic carbocycles. The van der Waals surface area contributed by atoms with Gasteiger partial charge in [-0.05, 0) is 31.0 Å². The molecule has 1 fully saturated rings. The van der Waals surface area contributed by atoms with Crippen LogP contribution in [0.1, 0.15) is 23.2 Å². The molecule has 0 bridgehead atoms. The largest absolute Gasteiger partial charge is 0.495 e. The summed E-state index contributed by atoms with van der Waals surface area (Å²) >= 11 is 0. The molecule has 138 valence electrons. The number of ether oxygens (including phenoxy) is 2. The fourth-order valence-electron chi connectivity index (χ4n) is 2.47. The number of methoxy groups -OCH3 is 1. The lowest BCUT2D eigenvalue weighted by molar-refractivity contribution is -0.133. The molecule has 25 heavy (non-hydrogen) atoms. The minimum absolute atomic E-state index is 0.0375. The molecule has 0 radical (unpaired) electrons. The van der Waals surface area contributed by atoms with E-state index in [1.54, 1.807) is 4.90 Å². The lowest BCUT2D eigenvalue weighted by atomic mass is 10.2. The number of nitrogens with zero attached hydrogens (tertiary/aromatic N) is 2. The van der Waals surface area contributed by atoms with Crippen molar-refractivity contribution in [2.75, 3.05) is 40.9 Å². The first kappa shape index (κ1) is 19.2. The molecule has 0 saturated carbocycles. The van der Waals surface area contributed by atoms with Crippen LogP contribution in [0.2, 0.25) is 0 Å². The molecule has 0 spiro atoms. The molecule has 1 aliphatic rings. The predicted molar refractivity (Wildman–Crippen MR) is 90.0 cm³/mol. The van der Waals surface area contributed by atoms with Crippen molar-refractivity contribution >= 4 is 21.9 Å². The third kappa shape index (κ3) is 4.29. The Balaban J connectivity index is 2.16. The van der Waals surface area contributed by atoms with Crippen LogP contribution >= 0.6 is 0 Å². The van der Waals surface area contributed by atoms with Crippen molar-refractivity contribution in [2.45, 2.75) is 17.7 Å². The van der Waals surface area contributed by atoms with Gasteiger partial charge >= 0.3 is 5.97 Å². The second-order valence-electron chi connectivity index (χ2n) is 5.82. The van der Waals surface area contributed by atoms with Gasteiger partial charge in [-0.2, -0.15) is 0 Å². The zero-order chi connectivity index (χ0) is 18.6. The molecular formula is C16H22N2O6S. The van der Waals surface area contributed by atoms with E-state index in [9.17, 15) is 18.0 Å². The molecule has 1 aliphatic heterocycles. The van der Waals surface area contributed by atoms with Crippen LogP contribution in [0.4, 0.5) is 0 Å². The standard InChI is InChI=1S/C16H22N2O6S/c1-17(2)25(21,22)14-10-12(6-7-13(14)23-3)16(20)24-11-15(19)18-8-4-5-9-18/h6-7,10H,4-5,8-9,11H2,1-3H3. The Bertz CT molecular complexity index is 754. The van der Waals surface area contributed by atoms with Gasteiger partial charge in [0.2, 0.25) is 10.0 Å². The highest BCUT2D eigenvalue weighted by Crippen LogP contribution is 2.27. The van der Waals surface area contributed by atoms with Crippen LogP contribution in [-0.4, -0.2) is 70.4 Å². The molecule has 0 N–H and O–H groups in total. The highest BCUT2D eigenvalue weighted by molar-refractivity contribution is 7.89. The van der Waals surface area contributed by atoms with Crippen LogP contribution in [0.3, 0.4) is 0 Å². The molecule has 0 aromatic heterocycles. The van der Waals surface area contributed by atoms with Crippen molar-refractivity contribution in [3.63, 3.8) is 0 Å². The maximum atomic E-state index is 12.4. The zero-order valence-corrected chi connectivity index (χ0v) is 15.3. The second kappa shape index (κ2) is 7.83. The fraction of sp³-hybridized carbons (Fsp3) is 0.500. The van der Waals surface area contributed by atoms with E-state index in [-0.39, 0.29) is 28.7 Å². The van der Waals surface area contributed by atoms with Gasteiger partial charge in [0.05, 0.1) is 12.7 Å². The number of amides is 1. The zero-order valence-electron chi connectivity index (χ0n) is 14.5. The van der Waals surface area contributed by atoms with Gasteiger partial charge in [-0.15, -0.1) is 0 Å². The molecule has 9 heteroatoms. The van der Waals surface area contributed by atoms with Crippen molar-refractivity contribution in [2.24, 2.45) is 0 Å². The van der Waals surface area contributed by atoms with Crippen molar-refractivity contribution in [3.05, 3.63) is 23.8 Å². The lowest BCUT2D eigenvalue weighted by Crippen LogP contribution is -2.32. The molecule has 8 nitrogen and oxygen atoms in total. The van der Waals surface area contributed by atoms with Gasteiger partial charge in [-0.1, -0.05) is 0 Å². The molecular weight excluding hydrogens is 348 g/mol. The topological polar surface area (TPSA) is 93.2 Å². The van der Waals surface area contributed by atoms with Gasteiger partial charge in [-0.3, -0.25) is 4.79 Å². The highest BCUT2D eigenvalue weighted by atomic mass is 32.2. The Kier molecular flexibility index (Phi) is 6.02. The van der Waals surface area contributed by atoms with Crippen molar-refractivity contribution in [1.29, 1.82) is 0 Å². The average Bonchev–Trinajstić information content (AvgIpc) is 3.13. The second-order valence-corrected chi connectivity index (χ2v) is 7.94. The first-order valence-corrected chi connectivity index (χ1v) is 9.27. The van der Waals surface area contributed by atoms with Gasteiger partial charge in [0.25, 0.3) is 5.91 Å². The number of esters is 1. The van der Waals surface area contributed by atoms with Crippen LogP contribution in [0.5, 0.6) is 5.75 Å². The molecule has 1 saturated heterocycles. The van der Waals surface area contributed by atoms with E-state index < -0.39 is 16.0 Å². The molecule has 0 unspecified atom stereocenters. The smallest absolute Gasteiger partial charge is 0.338 e.